The predicted molar refractivity (Wildman–Crippen MR) is 138 cm³/mol. The second-order valence-electron chi connectivity index (χ2n) is 8.22. The highest BCUT2D eigenvalue weighted by Crippen LogP contribution is 2.32. The molecule has 1 heterocycles. The van der Waals surface area contributed by atoms with E-state index in [4.69, 9.17) is 17.2 Å². The molecule has 1 fully saturated rings. The Morgan fingerprint density at radius 3 is 2.58 bits per heavy atom. The van der Waals surface area contributed by atoms with Gasteiger partial charge in [-0.05, 0) is 78.7 Å². The molecule has 0 spiro atoms. The number of anilines is 1. The summed E-state index contributed by atoms with van der Waals surface area (Å²) in [5.74, 6) is -0.0780. The van der Waals surface area contributed by atoms with Gasteiger partial charge in [-0.3, -0.25) is 9.89 Å². The van der Waals surface area contributed by atoms with Crippen molar-refractivity contribution in [2.45, 2.75) is 25.6 Å². The fourth-order valence-corrected chi connectivity index (χ4v) is 5.24. The molecule has 188 valence electrons. The van der Waals surface area contributed by atoms with E-state index in [1.165, 1.54) is 42.1 Å². The van der Waals surface area contributed by atoms with Gasteiger partial charge >= 0.3 is 6.18 Å². The van der Waals surface area contributed by atoms with E-state index in [1.54, 1.807) is 36.1 Å². The first-order valence-corrected chi connectivity index (χ1v) is 12.5. The van der Waals surface area contributed by atoms with Gasteiger partial charge in [-0.2, -0.15) is 13.2 Å². The summed E-state index contributed by atoms with van der Waals surface area (Å²) in [6.45, 7) is 2.17. The number of thioether (sulfide) groups is 1. The molecule has 0 aromatic heterocycles. The van der Waals surface area contributed by atoms with Crippen LogP contribution >= 0.6 is 24.0 Å². The van der Waals surface area contributed by atoms with Gasteiger partial charge in [-0.15, -0.1) is 0 Å². The molecular formula is C26H22F5N3S2. The normalized spacial score (nSPS) is 15.8. The number of amidine groups is 1. The fourth-order valence-electron chi connectivity index (χ4n) is 3.89. The van der Waals surface area contributed by atoms with Crippen LogP contribution in [0.15, 0.2) is 71.7 Å². The maximum Gasteiger partial charge on any atom is 0.416 e. The molecule has 3 aromatic carbocycles. The van der Waals surface area contributed by atoms with Gasteiger partial charge in [-0.25, -0.2) is 8.78 Å². The van der Waals surface area contributed by atoms with Gasteiger partial charge in [-0.1, -0.05) is 42.1 Å². The summed E-state index contributed by atoms with van der Waals surface area (Å²) in [5, 5.41) is 3.64. The summed E-state index contributed by atoms with van der Waals surface area (Å²) in [6.07, 6.45) is -4.14. The first kappa shape index (κ1) is 26.1. The lowest BCUT2D eigenvalue weighted by Gasteiger charge is -2.23. The van der Waals surface area contributed by atoms with Crippen LogP contribution in [0.5, 0.6) is 0 Å². The summed E-state index contributed by atoms with van der Waals surface area (Å²) in [7, 11) is 0. The van der Waals surface area contributed by atoms with Crippen LogP contribution in [0, 0.1) is 18.6 Å². The third-order valence-corrected chi connectivity index (χ3v) is 7.01. The summed E-state index contributed by atoms with van der Waals surface area (Å²) < 4.78 is 67.5. The Balaban J connectivity index is 1.63. The van der Waals surface area contributed by atoms with Crippen LogP contribution < -0.4 is 5.32 Å². The molecule has 0 aliphatic carbocycles. The molecule has 0 saturated carbocycles. The Bertz CT molecular complexity index is 1290. The number of alkyl halides is 3. The van der Waals surface area contributed by atoms with Gasteiger partial charge in [0.25, 0.3) is 0 Å². The van der Waals surface area contributed by atoms with Gasteiger partial charge in [0.2, 0.25) is 0 Å². The van der Waals surface area contributed by atoms with Crippen molar-refractivity contribution in [1.29, 1.82) is 0 Å². The van der Waals surface area contributed by atoms with E-state index in [0.29, 0.717) is 40.6 Å². The Labute approximate surface area is 215 Å². The molecule has 1 saturated heterocycles. The molecule has 3 aromatic rings. The maximum atomic E-state index is 14.4. The Morgan fingerprint density at radius 1 is 1.08 bits per heavy atom. The Morgan fingerprint density at radius 2 is 1.83 bits per heavy atom. The lowest BCUT2D eigenvalue weighted by atomic mass is 9.95. The minimum absolute atomic E-state index is 0.207. The number of halogens is 5. The molecular weight excluding hydrogens is 513 g/mol. The van der Waals surface area contributed by atoms with Crippen molar-refractivity contribution in [1.82, 2.24) is 4.90 Å². The second-order valence-corrected chi connectivity index (χ2v) is 9.67. The lowest BCUT2D eigenvalue weighted by Crippen LogP contribution is -2.35. The molecule has 36 heavy (non-hydrogen) atoms. The van der Waals surface area contributed by atoms with Gasteiger partial charge < -0.3 is 5.32 Å². The number of rotatable bonds is 5. The monoisotopic (exact) mass is 535 g/mol. The third kappa shape index (κ3) is 6.22. The van der Waals surface area contributed by atoms with Crippen molar-refractivity contribution in [3.05, 3.63) is 101 Å². The molecule has 3 nitrogen and oxygen atoms in total. The number of aliphatic imine (C=N–C) groups is 1. The molecule has 1 aliphatic rings. The smallest absolute Gasteiger partial charge is 0.332 e. The van der Waals surface area contributed by atoms with Crippen LogP contribution in [0.25, 0.3) is 0 Å². The van der Waals surface area contributed by atoms with Crippen molar-refractivity contribution in [3.8, 4) is 0 Å². The highest BCUT2D eigenvalue weighted by Gasteiger charge is 2.31. The predicted octanol–water partition coefficient (Wildman–Crippen LogP) is 7.38. The van der Waals surface area contributed by atoms with Gasteiger partial charge in [0.05, 0.1) is 11.6 Å². The number of nitrogens with one attached hydrogen (secondary N) is 1. The number of benzene rings is 3. The van der Waals surface area contributed by atoms with Crippen molar-refractivity contribution in [3.63, 3.8) is 0 Å². The SMILES string of the molecule is Cc1c(F)cccc1C(Cc1cccc(F)c1)N=C1SCCN1C(=S)Nc1cccc(C(F)(F)F)c1. The van der Waals surface area contributed by atoms with Crippen LogP contribution in [-0.2, 0) is 12.6 Å². The maximum absolute atomic E-state index is 14.4. The first-order chi connectivity index (χ1) is 17.1. The van der Waals surface area contributed by atoms with Crippen LogP contribution in [0.2, 0.25) is 0 Å². The van der Waals surface area contributed by atoms with Gasteiger partial charge in [0.15, 0.2) is 10.3 Å². The van der Waals surface area contributed by atoms with Gasteiger partial charge in [0.1, 0.15) is 11.6 Å². The minimum atomic E-state index is -4.47. The highest BCUT2D eigenvalue weighted by atomic mass is 32.2. The molecule has 1 atom stereocenters. The Hall–Kier alpha value is -2.98. The van der Waals surface area contributed by atoms with E-state index in [9.17, 15) is 22.0 Å². The molecule has 10 heteroatoms. The quantitative estimate of drug-likeness (QED) is 0.273. The van der Waals surface area contributed by atoms with Crippen molar-refractivity contribution < 1.29 is 22.0 Å². The average molecular weight is 536 g/mol. The minimum Gasteiger partial charge on any atom is -0.332 e. The molecule has 0 amide bonds. The second kappa shape index (κ2) is 11.0. The number of thiocarbonyl (C=S) groups is 1. The zero-order valence-corrected chi connectivity index (χ0v) is 20.8. The highest BCUT2D eigenvalue weighted by molar-refractivity contribution is 8.14. The topological polar surface area (TPSA) is 27.6 Å². The van der Waals surface area contributed by atoms with Crippen LogP contribution in [0.3, 0.4) is 0 Å². The fraction of sp³-hybridized carbons (Fsp3) is 0.231. The van der Waals surface area contributed by atoms with Crippen molar-refractivity contribution >= 4 is 39.9 Å². The van der Waals surface area contributed by atoms with Crippen LogP contribution in [-0.4, -0.2) is 27.5 Å². The van der Waals surface area contributed by atoms with E-state index in [-0.39, 0.29) is 22.4 Å². The molecule has 0 bridgehead atoms. The van der Waals surface area contributed by atoms with E-state index in [0.717, 1.165) is 12.1 Å². The summed E-state index contributed by atoms with van der Waals surface area (Å²) in [4.78, 5) is 6.60. The van der Waals surface area contributed by atoms with Crippen LogP contribution in [0.4, 0.5) is 27.6 Å². The van der Waals surface area contributed by atoms with Crippen molar-refractivity contribution in [2.75, 3.05) is 17.6 Å². The molecule has 1 unspecified atom stereocenters. The summed E-state index contributed by atoms with van der Waals surface area (Å²) in [5.41, 5.74) is 1.24. The zero-order valence-electron chi connectivity index (χ0n) is 19.2. The average Bonchev–Trinajstić information content (AvgIpc) is 3.28. The van der Waals surface area contributed by atoms with E-state index in [1.807, 2.05) is 0 Å². The van der Waals surface area contributed by atoms with Crippen LogP contribution in [0.1, 0.15) is 28.3 Å². The van der Waals surface area contributed by atoms with E-state index in [2.05, 4.69) is 5.32 Å². The molecule has 4 rings (SSSR count). The van der Waals surface area contributed by atoms with E-state index < -0.39 is 17.8 Å². The summed E-state index contributed by atoms with van der Waals surface area (Å²) >= 11 is 6.95. The third-order valence-electron chi connectivity index (χ3n) is 5.72. The molecule has 0 radical (unpaired) electrons. The number of nitrogens with zero attached hydrogens (tertiary/aromatic N) is 2. The van der Waals surface area contributed by atoms with Crippen molar-refractivity contribution in [2.24, 2.45) is 4.99 Å². The zero-order chi connectivity index (χ0) is 25.9. The summed E-state index contributed by atoms with van der Waals surface area (Å²) in [6, 6.07) is 15.2. The standard InChI is InChI=1S/C26H22F5N3S2/c1-16-21(9-4-10-22(16)28)23(14-17-5-2-7-19(27)13-17)33-25-34(11-12-36-25)24(35)32-20-8-3-6-18(15-20)26(29,30)31/h2-10,13,15,23H,11-12,14H2,1H3,(H,32,35). The van der Waals surface area contributed by atoms with E-state index >= 15 is 0 Å². The molecule has 1 N–H and O–H groups in total. The molecule has 1 aliphatic heterocycles. The number of hydrogen-bond donors (Lipinski definition) is 1. The first-order valence-electron chi connectivity index (χ1n) is 11.1. The van der Waals surface area contributed by atoms with Gasteiger partial charge in [0, 0.05) is 18.0 Å². The largest absolute Gasteiger partial charge is 0.416 e. The Kier molecular flexibility index (Phi) is 7.94. The number of hydrogen-bond acceptors (Lipinski definition) is 3. The lowest BCUT2D eigenvalue weighted by molar-refractivity contribution is -0.137.